The molecule has 0 fully saturated rings. The van der Waals surface area contributed by atoms with Crippen LogP contribution in [0.15, 0.2) is 12.4 Å². The van der Waals surface area contributed by atoms with Crippen molar-refractivity contribution in [1.29, 1.82) is 0 Å². The Kier molecular flexibility index (Phi) is 37.5. The molecule has 0 amide bonds. The number of aliphatic hydroxyl groups excluding tert-OH is 1. The average Bonchev–Trinajstić information content (AvgIpc) is 3.64. The molecule has 59 heavy (non-hydrogen) atoms. The normalized spacial score (nSPS) is 13.2. The molecule has 2 unspecified atom stereocenters. The van der Waals surface area contributed by atoms with Gasteiger partial charge in [0.15, 0.2) is 0 Å². The number of carbonyl (C=O) groups is 2. The van der Waals surface area contributed by atoms with Gasteiger partial charge in [0, 0.05) is 25.5 Å². The van der Waals surface area contributed by atoms with Gasteiger partial charge >= 0.3 is 11.9 Å². The minimum Gasteiger partial charge on any atom is -0.465 e. The number of aliphatic hydroxyl groups is 1. The van der Waals surface area contributed by atoms with E-state index in [1.165, 1.54) is 103 Å². The topological polar surface area (TPSA) is 93.9 Å². The van der Waals surface area contributed by atoms with Crippen LogP contribution in [0.1, 0.15) is 239 Å². The summed E-state index contributed by atoms with van der Waals surface area (Å²) < 4.78 is 13.9. The molecule has 8 nitrogen and oxygen atoms in total. The fourth-order valence-electron chi connectivity index (χ4n) is 8.38. The van der Waals surface area contributed by atoms with E-state index in [0.29, 0.717) is 19.8 Å². The number of aryl methyl sites for hydroxylation is 2. The molecule has 0 spiro atoms. The number of ether oxygens (including phenoxy) is 2. The van der Waals surface area contributed by atoms with Gasteiger partial charge in [-0.15, -0.1) is 0 Å². The van der Waals surface area contributed by atoms with Crippen molar-refractivity contribution in [3.63, 3.8) is 0 Å². The number of unbranched alkanes of at least 4 members (excludes halogenated alkanes) is 20. The maximum Gasteiger partial charge on any atom is 0.308 e. The van der Waals surface area contributed by atoms with Gasteiger partial charge in [-0.1, -0.05) is 169 Å². The van der Waals surface area contributed by atoms with Crippen LogP contribution in [0.3, 0.4) is 0 Å². The predicted octanol–water partition coefficient (Wildman–Crippen LogP) is 13.7. The molecule has 0 saturated carbocycles. The second-order valence-corrected chi connectivity index (χ2v) is 17.9. The lowest BCUT2D eigenvalue weighted by Gasteiger charge is -2.25. The Labute approximate surface area is 365 Å². The average molecular weight is 832 g/mol. The van der Waals surface area contributed by atoms with Gasteiger partial charge in [-0.2, -0.15) is 0 Å². The molecule has 0 saturated heterocycles. The van der Waals surface area contributed by atoms with Crippen LogP contribution in [0.25, 0.3) is 0 Å². The monoisotopic (exact) mass is 832 g/mol. The number of carbonyl (C=O) groups excluding carboxylic acids is 2. The van der Waals surface area contributed by atoms with Crippen LogP contribution < -0.4 is 0 Å². The van der Waals surface area contributed by atoms with Gasteiger partial charge in [-0.05, 0) is 84.2 Å². The fraction of sp³-hybridized carbons (Fsp3) is 0.902. The third kappa shape index (κ3) is 31.6. The van der Waals surface area contributed by atoms with Crippen molar-refractivity contribution in [2.24, 2.45) is 11.8 Å². The Morgan fingerprint density at radius 3 is 1.42 bits per heavy atom. The number of esters is 2. The first-order valence-electron chi connectivity index (χ1n) is 25.6. The molecule has 0 aliphatic rings. The summed E-state index contributed by atoms with van der Waals surface area (Å²) in [5.74, 6) is 1.17. The number of imidazole rings is 1. The quantitative estimate of drug-likeness (QED) is 0.0517. The van der Waals surface area contributed by atoms with Gasteiger partial charge < -0.3 is 24.0 Å². The lowest BCUT2D eigenvalue weighted by atomic mass is 9.94. The van der Waals surface area contributed by atoms with Gasteiger partial charge in [0.1, 0.15) is 5.82 Å². The number of hydrogen-bond donors (Lipinski definition) is 1. The van der Waals surface area contributed by atoms with Gasteiger partial charge in [-0.25, -0.2) is 4.98 Å². The lowest BCUT2D eigenvalue weighted by molar-refractivity contribution is -0.150. The summed E-state index contributed by atoms with van der Waals surface area (Å²) >= 11 is 0. The maximum absolute atomic E-state index is 13.1. The molecule has 0 radical (unpaired) electrons. The minimum atomic E-state index is -0.398. The first-order chi connectivity index (χ1) is 28.9. The Balaban J connectivity index is 2.48. The second kappa shape index (κ2) is 40.2. The van der Waals surface area contributed by atoms with Crippen LogP contribution in [-0.4, -0.2) is 70.4 Å². The summed E-state index contributed by atoms with van der Waals surface area (Å²) in [6.07, 6.45) is 39.4. The molecule has 0 aliphatic heterocycles. The molecule has 3 atom stereocenters. The summed E-state index contributed by atoms with van der Waals surface area (Å²) in [5.41, 5.74) is 0. The van der Waals surface area contributed by atoms with Crippen molar-refractivity contribution in [2.45, 2.75) is 253 Å². The number of nitrogens with zero attached hydrogens (tertiary/aromatic N) is 3. The Bertz CT molecular complexity index is 1080. The molecule has 346 valence electrons. The minimum absolute atomic E-state index is 0.00133. The predicted molar refractivity (Wildman–Crippen MR) is 249 cm³/mol. The van der Waals surface area contributed by atoms with Crippen molar-refractivity contribution in [3.05, 3.63) is 18.2 Å². The molecule has 1 aromatic heterocycles. The lowest BCUT2D eigenvalue weighted by Crippen LogP contribution is -2.34. The SMILES string of the molecule is CCCCCCCCC(CCCCCC)C(=O)OCCCCCCN(CCCn1ccnc1C)C[C@@H](O)CCCCOC(=O)C(CCCCCC)CCCCCCCC. The first-order valence-corrected chi connectivity index (χ1v) is 25.6. The fourth-order valence-corrected chi connectivity index (χ4v) is 8.38. The summed E-state index contributed by atoms with van der Waals surface area (Å²) in [5, 5.41) is 11.1. The first kappa shape index (κ1) is 55.1. The molecule has 1 aromatic rings. The van der Waals surface area contributed by atoms with Gasteiger partial charge in [0.2, 0.25) is 0 Å². The van der Waals surface area contributed by atoms with E-state index in [0.717, 1.165) is 128 Å². The maximum atomic E-state index is 13.1. The Morgan fingerprint density at radius 1 is 0.559 bits per heavy atom. The van der Waals surface area contributed by atoms with E-state index < -0.39 is 6.10 Å². The van der Waals surface area contributed by atoms with Crippen LogP contribution in [0.4, 0.5) is 0 Å². The van der Waals surface area contributed by atoms with Crippen LogP contribution in [-0.2, 0) is 25.6 Å². The zero-order valence-electron chi connectivity index (χ0n) is 39.7. The largest absolute Gasteiger partial charge is 0.465 e. The molecule has 1 rings (SSSR count). The van der Waals surface area contributed by atoms with E-state index in [4.69, 9.17) is 9.47 Å². The van der Waals surface area contributed by atoms with Crippen LogP contribution in [0.2, 0.25) is 0 Å². The number of rotatable bonds is 44. The van der Waals surface area contributed by atoms with Crippen LogP contribution in [0.5, 0.6) is 0 Å². The Hall–Kier alpha value is -1.93. The molecule has 0 aliphatic carbocycles. The van der Waals surface area contributed by atoms with Crippen molar-refractivity contribution >= 4 is 11.9 Å². The third-order valence-corrected chi connectivity index (χ3v) is 12.3. The molecule has 0 aromatic carbocycles. The second-order valence-electron chi connectivity index (χ2n) is 17.9. The molecular formula is C51H97N3O5. The van der Waals surface area contributed by atoms with E-state index in [1.54, 1.807) is 0 Å². The van der Waals surface area contributed by atoms with Gasteiger partial charge in [0.05, 0.1) is 31.2 Å². The van der Waals surface area contributed by atoms with Crippen molar-refractivity contribution in [3.8, 4) is 0 Å². The standard InChI is InChI=1S/C51H97N3O5/c1-6-10-14-18-20-26-35-47(33-24-16-12-8-3)50(56)58-43-30-23-22-29-39-53(40-32-41-54-42-38-52-46(54)5)45-49(55)37-28-31-44-59-51(57)48(34-25-17-13-9-4)36-27-21-19-15-11-7-2/h38,42,47-49,55H,6-37,39-41,43-45H2,1-5H3/t47?,48?,49-/m0/s1. The van der Waals surface area contributed by atoms with Crippen molar-refractivity contribution in [1.82, 2.24) is 14.5 Å². The highest BCUT2D eigenvalue weighted by Crippen LogP contribution is 2.22. The summed E-state index contributed by atoms with van der Waals surface area (Å²) in [7, 11) is 0. The van der Waals surface area contributed by atoms with E-state index in [1.807, 2.05) is 19.3 Å². The zero-order valence-corrected chi connectivity index (χ0v) is 39.7. The van der Waals surface area contributed by atoms with E-state index in [-0.39, 0.29) is 23.8 Å². The smallest absolute Gasteiger partial charge is 0.308 e. The number of hydrogen-bond acceptors (Lipinski definition) is 7. The molecular weight excluding hydrogens is 735 g/mol. The molecule has 1 N–H and O–H groups in total. The highest BCUT2D eigenvalue weighted by Gasteiger charge is 2.21. The summed E-state index contributed by atoms with van der Waals surface area (Å²) in [4.78, 5) is 32.9. The molecule has 1 heterocycles. The zero-order chi connectivity index (χ0) is 43.0. The molecule has 0 bridgehead atoms. The van der Waals surface area contributed by atoms with Crippen LogP contribution in [0, 0.1) is 18.8 Å². The highest BCUT2D eigenvalue weighted by molar-refractivity contribution is 5.72. The third-order valence-electron chi connectivity index (χ3n) is 12.3. The van der Waals surface area contributed by atoms with Crippen molar-refractivity contribution in [2.75, 3.05) is 32.8 Å². The van der Waals surface area contributed by atoms with E-state index in [9.17, 15) is 14.7 Å². The Morgan fingerprint density at radius 2 is 0.949 bits per heavy atom. The van der Waals surface area contributed by atoms with Gasteiger partial charge in [0.25, 0.3) is 0 Å². The van der Waals surface area contributed by atoms with Gasteiger partial charge in [-0.3, -0.25) is 9.59 Å². The summed E-state index contributed by atoms with van der Waals surface area (Å²) in [6.45, 7) is 15.5. The van der Waals surface area contributed by atoms with Crippen LogP contribution >= 0.6 is 0 Å². The van der Waals surface area contributed by atoms with E-state index >= 15 is 0 Å². The highest BCUT2D eigenvalue weighted by atomic mass is 16.5. The van der Waals surface area contributed by atoms with Crippen molar-refractivity contribution < 1.29 is 24.2 Å². The van der Waals surface area contributed by atoms with E-state index in [2.05, 4.69) is 42.1 Å². The summed E-state index contributed by atoms with van der Waals surface area (Å²) in [6, 6.07) is 0. The molecule has 8 heteroatoms. The number of aromatic nitrogens is 2.